The minimum absolute atomic E-state index is 0.144. The molecule has 0 heterocycles. The van der Waals surface area contributed by atoms with Gasteiger partial charge in [0, 0.05) is 16.1 Å². The molecule has 2 aromatic rings. The number of ether oxygens (including phenoxy) is 1. The van der Waals surface area contributed by atoms with Crippen LogP contribution in [0.4, 0.5) is 0 Å². The summed E-state index contributed by atoms with van der Waals surface area (Å²) in [6.07, 6.45) is 0.956. The van der Waals surface area contributed by atoms with Crippen molar-refractivity contribution in [2.24, 2.45) is 0 Å². The second-order valence-electron chi connectivity index (χ2n) is 6.39. The summed E-state index contributed by atoms with van der Waals surface area (Å²) in [6.45, 7) is 8.10. The Morgan fingerprint density at radius 1 is 1.05 bits per heavy atom. The zero-order valence-electron chi connectivity index (χ0n) is 13.5. The van der Waals surface area contributed by atoms with Crippen LogP contribution in [0.15, 0.2) is 48.5 Å². The summed E-state index contributed by atoms with van der Waals surface area (Å²) in [5, 5.41) is 4.16. The van der Waals surface area contributed by atoms with Crippen LogP contribution in [-0.2, 0) is 0 Å². The molecule has 0 atom stereocenters. The zero-order chi connectivity index (χ0) is 16.0. The van der Waals surface area contributed by atoms with Crippen LogP contribution in [0.3, 0.4) is 0 Å². The van der Waals surface area contributed by atoms with Crippen molar-refractivity contribution in [3.05, 3.63) is 53.6 Å². The van der Waals surface area contributed by atoms with Gasteiger partial charge >= 0.3 is 0 Å². The minimum atomic E-state index is 0.144. The highest BCUT2D eigenvalue weighted by molar-refractivity contribution is 6.30. The minimum Gasteiger partial charge on any atom is -0.493 e. The zero-order valence-corrected chi connectivity index (χ0v) is 14.3. The van der Waals surface area contributed by atoms with E-state index >= 15 is 0 Å². The SMILES string of the molecule is CC(C)(C)NCCCOc1cc(Cl)ccc1-c1ccccc1. The van der Waals surface area contributed by atoms with Crippen LogP contribution in [0.1, 0.15) is 27.2 Å². The second-order valence-corrected chi connectivity index (χ2v) is 6.82. The van der Waals surface area contributed by atoms with Crippen molar-refractivity contribution in [2.75, 3.05) is 13.2 Å². The number of halogens is 1. The lowest BCUT2D eigenvalue weighted by molar-refractivity contribution is 0.299. The molecule has 118 valence electrons. The van der Waals surface area contributed by atoms with Gasteiger partial charge in [0.15, 0.2) is 0 Å². The van der Waals surface area contributed by atoms with Gasteiger partial charge in [-0.25, -0.2) is 0 Å². The number of rotatable bonds is 6. The smallest absolute Gasteiger partial charge is 0.128 e. The largest absolute Gasteiger partial charge is 0.493 e. The summed E-state index contributed by atoms with van der Waals surface area (Å²) in [5.74, 6) is 0.842. The van der Waals surface area contributed by atoms with Crippen LogP contribution in [0.25, 0.3) is 11.1 Å². The van der Waals surface area contributed by atoms with E-state index in [1.165, 1.54) is 0 Å². The Kier molecular flexibility index (Phi) is 5.87. The van der Waals surface area contributed by atoms with Gasteiger partial charge in [0.2, 0.25) is 0 Å². The summed E-state index contributed by atoms with van der Waals surface area (Å²) in [7, 11) is 0. The molecule has 0 radical (unpaired) electrons. The normalized spacial score (nSPS) is 11.5. The Morgan fingerprint density at radius 3 is 2.45 bits per heavy atom. The van der Waals surface area contributed by atoms with Crippen LogP contribution in [0.5, 0.6) is 5.75 Å². The topological polar surface area (TPSA) is 21.3 Å². The molecule has 2 nitrogen and oxygen atoms in total. The molecule has 0 aromatic heterocycles. The van der Waals surface area contributed by atoms with E-state index in [2.05, 4.69) is 38.2 Å². The van der Waals surface area contributed by atoms with Crippen LogP contribution in [-0.4, -0.2) is 18.7 Å². The summed E-state index contributed by atoms with van der Waals surface area (Å²) in [6, 6.07) is 16.0. The fraction of sp³-hybridized carbons (Fsp3) is 0.368. The van der Waals surface area contributed by atoms with E-state index in [4.69, 9.17) is 16.3 Å². The van der Waals surface area contributed by atoms with Gasteiger partial charge in [0.05, 0.1) is 6.61 Å². The molecule has 2 rings (SSSR count). The molecule has 0 aliphatic rings. The van der Waals surface area contributed by atoms with Crippen LogP contribution in [0.2, 0.25) is 5.02 Å². The second kappa shape index (κ2) is 7.66. The van der Waals surface area contributed by atoms with Gasteiger partial charge in [-0.05, 0) is 57.5 Å². The van der Waals surface area contributed by atoms with E-state index in [1.807, 2.05) is 36.4 Å². The molecule has 0 spiro atoms. The van der Waals surface area contributed by atoms with E-state index in [1.54, 1.807) is 0 Å². The predicted molar refractivity (Wildman–Crippen MR) is 94.8 cm³/mol. The van der Waals surface area contributed by atoms with E-state index in [-0.39, 0.29) is 5.54 Å². The maximum atomic E-state index is 6.11. The third-order valence-corrected chi connectivity index (χ3v) is 3.50. The highest BCUT2D eigenvalue weighted by Crippen LogP contribution is 2.32. The van der Waals surface area contributed by atoms with Crippen molar-refractivity contribution >= 4 is 11.6 Å². The quantitative estimate of drug-likeness (QED) is 0.743. The van der Waals surface area contributed by atoms with E-state index < -0.39 is 0 Å². The molecule has 22 heavy (non-hydrogen) atoms. The van der Waals surface area contributed by atoms with Crippen LogP contribution < -0.4 is 10.1 Å². The molecule has 0 aliphatic carbocycles. The average Bonchev–Trinajstić information content (AvgIpc) is 2.47. The van der Waals surface area contributed by atoms with E-state index in [0.717, 1.165) is 29.8 Å². The van der Waals surface area contributed by atoms with E-state index in [0.29, 0.717) is 11.6 Å². The summed E-state index contributed by atoms with van der Waals surface area (Å²) < 4.78 is 5.96. The monoisotopic (exact) mass is 317 g/mol. The predicted octanol–water partition coefficient (Wildman–Crippen LogP) is 5.16. The molecule has 1 N–H and O–H groups in total. The number of benzene rings is 2. The van der Waals surface area contributed by atoms with Gasteiger partial charge in [-0.1, -0.05) is 41.9 Å². The van der Waals surface area contributed by atoms with Crippen molar-refractivity contribution < 1.29 is 4.74 Å². The van der Waals surface area contributed by atoms with E-state index in [9.17, 15) is 0 Å². The lowest BCUT2D eigenvalue weighted by atomic mass is 10.0. The Hall–Kier alpha value is -1.51. The summed E-state index contributed by atoms with van der Waals surface area (Å²) in [4.78, 5) is 0. The summed E-state index contributed by atoms with van der Waals surface area (Å²) in [5.41, 5.74) is 2.36. The first-order chi connectivity index (χ1) is 10.5. The summed E-state index contributed by atoms with van der Waals surface area (Å²) >= 11 is 6.11. The van der Waals surface area contributed by atoms with Gasteiger partial charge in [-0.15, -0.1) is 0 Å². The van der Waals surface area contributed by atoms with Gasteiger partial charge in [0.1, 0.15) is 5.75 Å². The first-order valence-corrected chi connectivity index (χ1v) is 8.06. The Bertz CT molecular complexity index is 590. The number of nitrogens with one attached hydrogen (secondary N) is 1. The molecular formula is C19H24ClNO. The number of hydrogen-bond donors (Lipinski definition) is 1. The van der Waals surface area contributed by atoms with Crippen LogP contribution >= 0.6 is 11.6 Å². The standard InChI is InChI=1S/C19H24ClNO/c1-19(2,3)21-12-7-13-22-18-14-16(20)10-11-17(18)15-8-5-4-6-9-15/h4-6,8-11,14,21H,7,12-13H2,1-3H3. The van der Waals surface area contributed by atoms with Gasteiger partial charge in [-0.3, -0.25) is 0 Å². The van der Waals surface area contributed by atoms with Crippen molar-refractivity contribution in [3.8, 4) is 16.9 Å². The lowest BCUT2D eigenvalue weighted by Crippen LogP contribution is -2.36. The van der Waals surface area contributed by atoms with Crippen LogP contribution in [0, 0.1) is 0 Å². The third kappa shape index (κ3) is 5.36. The molecular weight excluding hydrogens is 294 g/mol. The van der Waals surface area contributed by atoms with Crippen molar-refractivity contribution in [1.29, 1.82) is 0 Å². The molecule has 0 unspecified atom stereocenters. The molecule has 0 bridgehead atoms. The van der Waals surface area contributed by atoms with Gasteiger partial charge in [0.25, 0.3) is 0 Å². The molecule has 0 amide bonds. The Balaban J connectivity index is 2.00. The highest BCUT2D eigenvalue weighted by atomic mass is 35.5. The van der Waals surface area contributed by atoms with Crippen molar-refractivity contribution in [2.45, 2.75) is 32.7 Å². The molecule has 3 heteroatoms. The number of hydrogen-bond acceptors (Lipinski definition) is 2. The average molecular weight is 318 g/mol. The molecule has 0 aliphatic heterocycles. The van der Waals surface area contributed by atoms with Crippen molar-refractivity contribution in [3.63, 3.8) is 0 Å². The first-order valence-electron chi connectivity index (χ1n) is 7.68. The van der Waals surface area contributed by atoms with Crippen molar-refractivity contribution in [1.82, 2.24) is 5.32 Å². The first kappa shape index (κ1) is 16.9. The Morgan fingerprint density at radius 2 is 1.77 bits per heavy atom. The molecule has 2 aromatic carbocycles. The fourth-order valence-electron chi connectivity index (χ4n) is 2.19. The Labute approximate surface area is 138 Å². The molecule has 0 saturated heterocycles. The maximum Gasteiger partial charge on any atom is 0.128 e. The molecule has 0 fully saturated rings. The van der Waals surface area contributed by atoms with Gasteiger partial charge in [-0.2, -0.15) is 0 Å². The fourth-order valence-corrected chi connectivity index (χ4v) is 2.35. The molecule has 0 saturated carbocycles. The maximum absolute atomic E-state index is 6.11. The highest BCUT2D eigenvalue weighted by Gasteiger charge is 2.09. The third-order valence-electron chi connectivity index (χ3n) is 3.26. The lowest BCUT2D eigenvalue weighted by Gasteiger charge is -2.20. The van der Waals surface area contributed by atoms with Gasteiger partial charge < -0.3 is 10.1 Å².